The molecule has 1 saturated heterocycles. The molecule has 0 radical (unpaired) electrons. The van der Waals surface area contributed by atoms with Crippen LogP contribution in [0.4, 0.5) is 18.0 Å². The minimum atomic E-state index is -5.63. The molecular weight excluding hydrogens is 389 g/mol. The molecule has 2 aliphatic rings. The second-order valence-corrected chi connectivity index (χ2v) is 9.16. The van der Waals surface area contributed by atoms with Crippen LogP contribution < -0.4 is 0 Å². The summed E-state index contributed by atoms with van der Waals surface area (Å²) in [6.45, 7) is 7.03. The SMILES string of the molecule is CC(C)(C)OC(=O)N1CCC[C@H](N2CC=C(OS(=O)(=O)C(F)(F)F)CC2)C1. The van der Waals surface area contributed by atoms with E-state index in [1.807, 2.05) is 4.90 Å². The van der Waals surface area contributed by atoms with Crippen molar-refractivity contribution in [2.24, 2.45) is 0 Å². The van der Waals surface area contributed by atoms with Crippen LogP contribution in [0.2, 0.25) is 0 Å². The molecular formula is C16H25F3N2O5S. The summed E-state index contributed by atoms with van der Waals surface area (Å²) in [5, 5.41) is 0. The maximum Gasteiger partial charge on any atom is 0.534 e. The van der Waals surface area contributed by atoms with Gasteiger partial charge in [-0.2, -0.15) is 21.6 Å². The topological polar surface area (TPSA) is 76.2 Å². The van der Waals surface area contributed by atoms with Gasteiger partial charge in [0.1, 0.15) is 11.4 Å². The quantitative estimate of drug-likeness (QED) is 0.522. The van der Waals surface area contributed by atoms with E-state index < -0.39 is 21.2 Å². The molecule has 0 aliphatic carbocycles. The van der Waals surface area contributed by atoms with Crippen molar-refractivity contribution >= 4 is 16.2 Å². The van der Waals surface area contributed by atoms with E-state index in [-0.39, 0.29) is 30.9 Å². The largest absolute Gasteiger partial charge is 0.534 e. The number of carbonyl (C=O) groups is 1. The van der Waals surface area contributed by atoms with E-state index in [9.17, 15) is 26.4 Å². The minimum absolute atomic E-state index is 0.0308. The molecule has 7 nitrogen and oxygen atoms in total. The Morgan fingerprint density at radius 2 is 1.89 bits per heavy atom. The second kappa shape index (κ2) is 7.86. The number of alkyl halides is 3. The lowest BCUT2D eigenvalue weighted by Crippen LogP contribution is -2.51. The highest BCUT2D eigenvalue weighted by Crippen LogP contribution is 2.29. The van der Waals surface area contributed by atoms with E-state index in [0.717, 1.165) is 12.8 Å². The standard InChI is InChI=1S/C16H25F3N2O5S/c1-15(2,3)25-14(22)21-8-4-5-12(11-21)20-9-6-13(7-10-20)26-27(23,24)16(17,18)19/h6,12H,4-5,7-11H2,1-3H3/t12-/m0/s1. The van der Waals surface area contributed by atoms with Crippen molar-refractivity contribution < 1.29 is 35.3 Å². The zero-order valence-corrected chi connectivity index (χ0v) is 16.4. The third-order valence-electron chi connectivity index (χ3n) is 4.26. The molecule has 11 heteroatoms. The Balaban J connectivity index is 1.93. The summed E-state index contributed by atoms with van der Waals surface area (Å²) in [5.74, 6) is -0.205. The summed E-state index contributed by atoms with van der Waals surface area (Å²) in [5.41, 5.74) is -6.03. The van der Waals surface area contributed by atoms with E-state index in [1.165, 1.54) is 6.08 Å². The Morgan fingerprint density at radius 3 is 2.41 bits per heavy atom. The maximum atomic E-state index is 12.4. The lowest BCUT2D eigenvalue weighted by Gasteiger charge is -2.40. The molecule has 0 spiro atoms. The number of ether oxygens (including phenoxy) is 1. The van der Waals surface area contributed by atoms with Gasteiger partial charge in [0.2, 0.25) is 0 Å². The van der Waals surface area contributed by atoms with Crippen LogP contribution in [0.1, 0.15) is 40.0 Å². The predicted molar refractivity (Wildman–Crippen MR) is 91.2 cm³/mol. The van der Waals surface area contributed by atoms with Gasteiger partial charge in [0.05, 0.1) is 0 Å². The van der Waals surface area contributed by atoms with Gasteiger partial charge in [0.25, 0.3) is 0 Å². The molecule has 2 rings (SSSR count). The van der Waals surface area contributed by atoms with Gasteiger partial charge in [-0.3, -0.25) is 4.90 Å². The normalized spacial score (nSPS) is 23.0. The summed E-state index contributed by atoms with van der Waals surface area (Å²) in [6, 6.07) is 0.0308. The average molecular weight is 414 g/mol. The second-order valence-electron chi connectivity index (χ2n) is 7.62. The Kier molecular flexibility index (Phi) is 6.35. The number of carbonyl (C=O) groups excluding carboxylic acids is 1. The molecule has 2 aliphatic heterocycles. The van der Waals surface area contributed by atoms with Crippen molar-refractivity contribution in [1.29, 1.82) is 0 Å². The molecule has 156 valence electrons. The van der Waals surface area contributed by atoms with Crippen molar-refractivity contribution in [2.75, 3.05) is 26.2 Å². The molecule has 27 heavy (non-hydrogen) atoms. The lowest BCUT2D eigenvalue weighted by molar-refractivity contribution is -0.0525. The molecule has 0 bridgehead atoms. The van der Waals surface area contributed by atoms with Crippen LogP contribution in [0.15, 0.2) is 11.8 Å². The molecule has 1 fully saturated rings. The van der Waals surface area contributed by atoms with Crippen molar-refractivity contribution in [3.05, 3.63) is 11.8 Å². The van der Waals surface area contributed by atoms with Crippen molar-refractivity contribution in [3.63, 3.8) is 0 Å². The summed E-state index contributed by atoms with van der Waals surface area (Å²) in [7, 11) is -5.63. The van der Waals surface area contributed by atoms with Gasteiger partial charge in [-0.1, -0.05) is 0 Å². The van der Waals surface area contributed by atoms with Crippen molar-refractivity contribution in [3.8, 4) is 0 Å². The highest BCUT2D eigenvalue weighted by atomic mass is 32.2. The van der Waals surface area contributed by atoms with Gasteiger partial charge in [-0.15, -0.1) is 0 Å². The van der Waals surface area contributed by atoms with E-state index in [0.29, 0.717) is 19.6 Å². The first-order chi connectivity index (χ1) is 12.3. The molecule has 1 atom stereocenters. The highest BCUT2D eigenvalue weighted by Gasteiger charge is 2.49. The molecule has 0 aromatic carbocycles. The van der Waals surface area contributed by atoms with E-state index >= 15 is 0 Å². The highest BCUT2D eigenvalue weighted by molar-refractivity contribution is 7.87. The van der Waals surface area contributed by atoms with Gasteiger partial charge >= 0.3 is 21.7 Å². The average Bonchev–Trinajstić information content (AvgIpc) is 2.53. The van der Waals surface area contributed by atoms with Crippen LogP contribution in [0, 0.1) is 0 Å². The molecule has 1 amide bonds. The summed E-state index contributed by atoms with van der Waals surface area (Å²) < 4.78 is 68.9. The summed E-state index contributed by atoms with van der Waals surface area (Å²) >= 11 is 0. The number of likely N-dealkylation sites (tertiary alicyclic amines) is 1. The number of nitrogens with zero attached hydrogens (tertiary/aromatic N) is 2. The minimum Gasteiger partial charge on any atom is -0.444 e. The maximum absolute atomic E-state index is 12.4. The first kappa shape index (κ1) is 21.8. The predicted octanol–water partition coefficient (Wildman–Crippen LogP) is 2.84. The van der Waals surface area contributed by atoms with Gasteiger partial charge in [0, 0.05) is 38.6 Å². The van der Waals surface area contributed by atoms with Crippen LogP contribution in [0.3, 0.4) is 0 Å². The summed E-state index contributed by atoms with van der Waals surface area (Å²) in [4.78, 5) is 15.9. The van der Waals surface area contributed by atoms with Crippen molar-refractivity contribution in [1.82, 2.24) is 9.80 Å². The monoisotopic (exact) mass is 414 g/mol. The number of halogens is 3. The lowest BCUT2D eigenvalue weighted by atomic mass is 10.0. The Morgan fingerprint density at radius 1 is 1.22 bits per heavy atom. The van der Waals surface area contributed by atoms with Crippen LogP contribution in [0.5, 0.6) is 0 Å². The molecule has 0 saturated carbocycles. The number of piperidine rings is 1. The van der Waals surface area contributed by atoms with Crippen LogP contribution >= 0.6 is 0 Å². The van der Waals surface area contributed by atoms with E-state index in [1.54, 1.807) is 25.7 Å². The fourth-order valence-electron chi connectivity index (χ4n) is 3.01. The molecule has 0 unspecified atom stereocenters. The number of amides is 1. The first-order valence-electron chi connectivity index (χ1n) is 8.70. The van der Waals surface area contributed by atoms with Crippen LogP contribution in [-0.2, 0) is 19.0 Å². The van der Waals surface area contributed by atoms with E-state index in [4.69, 9.17) is 4.74 Å². The number of hydrogen-bond acceptors (Lipinski definition) is 6. The Hall–Kier alpha value is -1.49. The summed E-state index contributed by atoms with van der Waals surface area (Å²) in [6.07, 6.45) is 2.64. The van der Waals surface area contributed by atoms with Gasteiger partial charge in [0.15, 0.2) is 0 Å². The number of rotatable bonds is 3. The number of hydrogen-bond donors (Lipinski definition) is 0. The van der Waals surface area contributed by atoms with Gasteiger partial charge < -0.3 is 13.8 Å². The van der Waals surface area contributed by atoms with Crippen molar-refractivity contribution in [2.45, 2.75) is 57.2 Å². The molecule has 0 aromatic rings. The molecule has 2 heterocycles. The zero-order valence-electron chi connectivity index (χ0n) is 15.6. The van der Waals surface area contributed by atoms with Crippen LogP contribution in [-0.4, -0.2) is 67.6 Å². The molecule has 0 N–H and O–H groups in total. The zero-order chi connectivity index (χ0) is 20.5. The first-order valence-corrected chi connectivity index (χ1v) is 10.1. The fourth-order valence-corrected chi connectivity index (χ4v) is 3.53. The van der Waals surface area contributed by atoms with Gasteiger partial charge in [-0.25, -0.2) is 4.79 Å². The fraction of sp³-hybridized carbons (Fsp3) is 0.812. The molecule has 0 aromatic heterocycles. The third-order valence-corrected chi connectivity index (χ3v) is 5.26. The van der Waals surface area contributed by atoms with Gasteiger partial charge in [-0.05, 0) is 39.7 Å². The van der Waals surface area contributed by atoms with Crippen LogP contribution in [0.25, 0.3) is 0 Å². The Labute approximate surface area is 157 Å². The smallest absolute Gasteiger partial charge is 0.444 e. The Bertz CT molecular complexity index is 685. The third kappa shape index (κ3) is 6.00. The van der Waals surface area contributed by atoms with E-state index in [2.05, 4.69) is 4.18 Å².